The maximum atomic E-state index is 12.5. The molecule has 8 nitrogen and oxygen atoms in total. The Morgan fingerprint density at radius 2 is 1.90 bits per heavy atom. The van der Waals surface area contributed by atoms with Gasteiger partial charge < -0.3 is 25.2 Å². The molecule has 0 radical (unpaired) electrons. The van der Waals surface area contributed by atoms with Crippen LogP contribution < -0.4 is 20.7 Å². The number of para-hydroxylation sites is 1. The first-order valence-electron chi connectivity index (χ1n) is 9.48. The Kier molecular flexibility index (Phi) is 10.4. The lowest BCUT2D eigenvalue weighted by Crippen LogP contribution is -2.35. The Morgan fingerprint density at radius 1 is 1.13 bits per heavy atom. The summed E-state index contributed by atoms with van der Waals surface area (Å²) in [7, 11) is 1.59. The van der Waals surface area contributed by atoms with Crippen LogP contribution in [0.1, 0.15) is 27.1 Å². The quantitative estimate of drug-likeness (QED) is 0.288. The molecule has 2 amide bonds. The molecule has 0 aromatic heterocycles. The van der Waals surface area contributed by atoms with Crippen molar-refractivity contribution in [2.45, 2.75) is 6.42 Å². The van der Waals surface area contributed by atoms with Gasteiger partial charge in [0, 0.05) is 25.8 Å². The molecule has 4 N–H and O–H groups in total. The SMILES string of the molecule is COCCOc1ccc(C(=O)NC(=S)Nc2ccccc2C(=O)NCCCO)cc1Br. The lowest BCUT2D eigenvalue weighted by Gasteiger charge is -2.14. The van der Waals surface area contributed by atoms with E-state index in [0.29, 0.717) is 53.2 Å². The number of halogens is 1. The summed E-state index contributed by atoms with van der Waals surface area (Å²) < 4.78 is 11.1. The fraction of sp³-hybridized carbons (Fsp3) is 0.286. The van der Waals surface area contributed by atoms with E-state index in [1.54, 1.807) is 49.6 Å². The van der Waals surface area contributed by atoms with Gasteiger partial charge in [-0.15, -0.1) is 0 Å². The number of rotatable bonds is 10. The fourth-order valence-electron chi connectivity index (χ4n) is 2.49. The Morgan fingerprint density at radius 3 is 2.61 bits per heavy atom. The summed E-state index contributed by atoms with van der Waals surface area (Å²) in [6.07, 6.45) is 0.460. The number of aliphatic hydroxyl groups excluding tert-OH is 1. The summed E-state index contributed by atoms with van der Waals surface area (Å²) in [6, 6.07) is 11.7. The van der Waals surface area contributed by atoms with Gasteiger partial charge in [-0.05, 0) is 64.9 Å². The number of methoxy groups -OCH3 is 1. The van der Waals surface area contributed by atoms with Crippen molar-refractivity contribution in [3.8, 4) is 5.75 Å². The predicted octanol–water partition coefficient (Wildman–Crippen LogP) is 2.71. The number of thiocarbonyl (C=S) groups is 1. The number of carbonyl (C=O) groups excluding carboxylic acids is 2. The molecular weight excluding hydrogens is 486 g/mol. The second kappa shape index (κ2) is 13.0. The van der Waals surface area contributed by atoms with E-state index < -0.39 is 5.91 Å². The first kappa shape index (κ1) is 24.7. The van der Waals surface area contributed by atoms with Crippen molar-refractivity contribution in [3.63, 3.8) is 0 Å². The zero-order valence-corrected chi connectivity index (χ0v) is 19.3. The molecule has 2 aromatic rings. The zero-order chi connectivity index (χ0) is 22.6. The molecule has 0 spiro atoms. The first-order valence-corrected chi connectivity index (χ1v) is 10.7. The summed E-state index contributed by atoms with van der Waals surface area (Å²) in [5.74, 6) is -0.124. The molecule has 166 valence electrons. The van der Waals surface area contributed by atoms with Gasteiger partial charge in [-0.3, -0.25) is 14.9 Å². The first-order chi connectivity index (χ1) is 15.0. The lowest BCUT2D eigenvalue weighted by molar-refractivity contribution is 0.0950. The molecule has 0 unspecified atom stereocenters. The number of anilines is 1. The van der Waals surface area contributed by atoms with Crippen LogP contribution in [-0.2, 0) is 4.74 Å². The highest BCUT2D eigenvalue weighted by Gasteiger charge is 2.14. The van der Waals surface area contributed by atoms with E-state index in [9.17, 15) is 9.59 Å². The van der Waals surface area contributed by atoms with Gasteiger partial charge in [0.15, 0.2) is 5.11 Å². The number of aliphatic hydroxyl groups is 1. The van der Waals surface area contributed by atoms with Crippen molar-refractivity contribution in [1.29, 1.82) is 0 Å². The Bertz CT molecular complexity index is 926. The summed E-state index contributed by atoms with van der Waals surface area (Å²) in [5.41, 5.74) is 1.21. The fourth-order valence-corrected chi connectivity index (χ4v) is 3.19. The van der Waals surface area contributed by atoms with Crippen LogP contribution in [0.3, 0.4) is 0 Å². The highest BCUT2D eigenvalue weighted by atomic mass is 79.9. The zero-order valence-electron chi connectivity index (χ0n) is 16.9. The van der Waals surface area contributed by atoms with Gasteiger partial charge in [0.25, 0.3) is 11.8 Å². The highest BCUT2D eigenvalue weighted by Crippen LogP contribution is 2.26. The molecule has 0 saturated carbocycles. The average molecular weight is 510 g/mol. The molecule has 0 bridgehead atoms. The summed E-state index contributed by atoms with van der Waals surface area (Å²) in [4.78, 5) is 24.9. The van der Waals surface area contributed by atoms with E-state index in [1.165, 1.54) is 0 Å². The molecule has 0 fully saturated rings. The van der Waals surface area contributed by atoms with Crippen molar-refractivity contribution in [2.75, 3.05) is 38.8 Å². The molecule has 2 rings (SSSR count). The topological polar surface area (TPSA) is 109 Å². The third-order valence-electron chi connectivity index (χ3n) is 4.01. The molecule has 0 atom stereocenters. The van der Waals surface area contributed by atoms with Gasteiger partial charge in [0.2, 0.25) is 0 Å². The minimum atomic E-state index is -0.411. The standard InChI is InChI=1S/C21H24BrN3O5S/c1-29-11-12-30-18-8-7-14(13-16(18)22)19(27)25-21(31)24-17-6-3-2-5-15(17)20(28)23-9-4-10-26/h2-3,5-8,13,26H,4,9-12H2,1H3,(H,23,28)(H2,24,25,27,31). The van der Waals surface area contributed by atoms with Crippen LogP contribution >= 0.6 is 28.1 Å². The van der Waals surface area contributed by atoms with Crippen LogP contribution in [0.25, 0.3) is 0 Å². The van der Waals surface area contributed by atoms with Crippen LogP contribution in [0, 0.1) is 0 Å². The van der Waals surface area contributed by atoms with Crippen molar-refractivity contribution in [3.05, 3.63) is 58.1 Å². The van der Waals surface area contributed by atoms with Crippen LogP contribution in [0.2, 0.25) is 0 Å². The average Bonchev–Trinajstić information content (AvgIpc) is 2.75. The largest absolute Gasteiger partial charge is 0.490 e. The summed E-state index contributed by atoms with van der Waals surface area (Å²) in [5, 5.41) is 17.1. The molecule has 0 heterocycles. The van der Waals surface area contributed by atoms with Crippen LogP contribution in [0.4, 0.5) is 5.69 Å². The monoisotopic (exact) mass is 509 g/mol. The molecule has 31 heavy (non-hydrogen) atoms. The number of benzene rings is 2. The number of ether oxygens (including phenoxy) is 2. The Balaban J connectivity index is 1.99. The van der Waals surface area contributed by atoms with Crippen molar-refractivity contribution >= 4 is 50.8 Å². The lowest BCUT2D eigenvalue weighted by atomic mass is 10.1. The van der Waals surface area contributed by atoms with E-state index in [4.69, 9.17) is 26.8 Å². The van der Waals surface area contributed by atoms with Crippen molar-refractivity contribution < 1.29 is 24.2 Å². The smallest absolute Gasteiger partial charge is 0.257 e. The van der Waals surface area contributed by atoms with E-state index in [0.717, 1.165) is 0 Å². The van der Waals surface area contributed by atoms with Gasteiger partial charge in [0.05, 0.1) is 22.3 Å². The number of amides is 2. The van der Waals surface area contributed by atoms with Gasteiger partial charge in [-0.2, -0.15) is 0 Å². The van der Waals surface area contributed by atoms with Gasteiger partial charge in [0.1, 0.15) is 12.4 Å². The summed E-state index contributed by atoms with van der Waals surface area (Å²) in [6.45, 7) is 1.19. The second-order valence-corrected chi connectivity index (χ2v) is 7.54. The number of nitrogens with one attached hydrogen (secondary N) is 3. The summed E-state index contributed by atoms with van der Waals surface area (Å²) >= 11 is 8.62. The van der Waals surface area contributed by atoms with E-state index in [2.05, 4.69) is 31.9 Å². The molecule has 10 heteroatoms. The van der Waals surface area contributed by atoms with E-state index in [-0.39, 0.29) is 17.6 Å². The minimum Gasteiger partial charge on any atom is -0.490 e. The second-order valence-electron chi connectivity index (χ2n) is 6.27. The third kappa shape index (κ3) is 7.91. The maximum absolute atomic E-state index is 12.5. The third-order valence-corrected chi connectivity index (χ3v) is 4.83. The number of hydrogen-bond acceptors (Lipinski definition) is 6. The molecular formula is C21H24BrN3O5S. The number of carbonyl (C=O) groups is 2. The number of hydrogen-bond donors (Lipinski definition) is 4. The van der Waals surface area contributed by atoms with Crippen LogP contribution in [-0.4, -0.2) is 55.5 Å². The normalized spacial score (nSPS) is 10.3. The molecule has 2 aromatic carbocycles. The predicted molar refractivity (Wildman–Crippen MR) is 126 cm³/mol. The van der Waals surface area contributed by atoms with Crippen molar-refractivity contribution in [2.24, 2.45) is 0 Å². The van der Waals surface area contributed by atoms with Gasteiger partial charge in [-0.25, -0.2) is 0 Å². The Labute approximate surface area is 194 Å². The van der Waals surface area contributed by atoms with Crippen LogP contribution in [0.5, 0.6) is 5.75 Å². The molecule has 0 aliphatic rings. The minimum absolute atomic E-state index is 0.00727. The highest BCUT2D eigenvalue weighted by molar-refractivity contribution is 9.10. The molecule has 0 saturated heterocycles. The molecule has 0 aliphatic heterocycles. The Hall–Kier alpha value is -2.53. The van der Waals surface area contributed by atoms with Gasteiger partial charge in [-0.1, -0.05) is 12.1 Å². The van der Waals surface area contributed by atoms with E-state index in [1.807, 2.05) is 0 Å². The van der Waals surface area contributed by atoms with E-state index >= 15 is 0 Å². The van der Waals surface area contributed by atoms with Crippen molar-refractivity contribution in [1.82, 2.24) is 10.6 Å². The van der Waals surface area contributed by atoms with Gasteiger partial charge >= 0.3 is 0 Å². The molecule has 0 aliphatic carbocycles. The van der Waals surface area contributed by atoms with Crippen LogP contribution in [0.15, 0.2) is 46.9 Å². The maximum Gasteiger partial charge on any atom is 0.257 e.